The first-order valence-electron chi connectivity index (χ1n) is 10.9. The second-order valence-corrected chi connectivity index (χ2v) is 7.91. The van der Waals surface area contributed by atoms with Crippen molar-refractivity contribution in [1.82, 2.24) is 14.5 Å². The lowest BCUT2D eigenvalue weighted by Crippen LogP contribution is -2.48. The Labute approximate surface area is 194 Å². The van der Waals surface area contributed by atoms with Crippen molar-refractivity contribution in [2.75, 3.05) is 43.1 Å². The van der Waals surface area contributed by atoms with Crippen LogP contribution in [0, 0.1) is 5.82 Å². The molecule has 0 spiro atoms. The molecule has 2 aromatic heterocycles. The molecule has 34 heavy (non-hydrogen) atoms. The van der Waals surface area contributed by atoms with Crippen LogP contribution in [0.25, 0.3) is 16.6 Å². The molecule has 1 aliphatic heterocycles. The summed E-state index contributed by atoms with van der Waals surface area (Å²) in [6, 6.07) is 16.2. The van der Waals surface area contributed by atoms with E-state index < -0.39 is 11.8 Å². The Morgan fingerprint density at radius 3 is 2.38 bits per heavy atom. The third-order valence-electron chi connectivity index (χ3n) is 5.89. The number of esters is 1. The predicted octanol–water partition coefficient (Wildman–Crippen LogP) is 3.03. The number of carbonyl (C=O) groups excluding carboxylic acids is 1. The highest BCUT2D eigenvalue weighted by Gasteiger charge is 2.24. The highest BCUT2D eigenvalue weighted by molar-refractivity contribution is 5.94. The normalized spacial score (nSPS) is 13.8. The number of hydrogen-bond donors (Lipinski definition) is 0. The lowest BCUT2D eigenvalue weighted by atomic mass is 10.1. The van der Waals surface area contributed by atoms with Crippen LogP contribution in [0.3, 0.4) is 0 Å². The topological polar surface area (TPSA) is 80.6 Å². The van der Waals surface area contributed by atoms with Gasteiger partial charge in [0.05, 0.1) is 29.3 Å². The van der Waals surface area contributed by atoms with Crippen molar-refractivity contribution >= 4 is 28.6 Å². The number of fused-ring (bicyclic) bond motifs is 1. The van der Waals surface area contributed by atoms with Crippen LogP contribution in [-0.2, 0) is 4.74 Å². The molecule has 0 saturated carbocycles. The first kappa shape index (κ1) is 21.6. The number of benzene rings is 2. The maximum atomic E-state index is 13.6. The Bertz CT molecular complexity index is 1400. The van der Waals surface area contributed by atoms with Gasteiger partial charge in [0.15, 0.2) is 0 Å². The number of aromatic nitrogens is 3. The molecule has 0 amide bonds. The summed E-state index contributed by atoms with van der Waals surface area (Å²) in [6.45, 7) is 2.59. The standard InChI is InChI=1S/C25H22FN5O3/c1-34-24(33)17-5-10-20-21(16-17)28-25(31(23(20)32)19-8-6-18(26)7-9-19)30-14-12-29(13-15-30)22-4-2-3-11-27-22/h2-11,16H,12-15H2,1H3. The van der Waals surface area contributed by atoms with Crippen LogP contribution in [-0.4, -0.2) is 53.8 Å². The Morgan fingerprint density at radius 1 is 0.971 bits per heavy atom. The number of ether oxygens (including phenoxy) is 1. The molecule has 5 rings (SSSR count). The minimum absolute atomic E-state index is 0.296. The Hall–Kier alpha value is -4.27. The third kappa shape index (κ3) is 3.96. The van der Waals surface area contributed by atoms with Gasteiger partial charge >= 0.3 is 5.97 Å². The average Bonchev–Trinajstić information content (AvgIpc) is 2.89. The Morgan fingerprint density at radius 2 is 1.71 bits per heavy atom. The van der Waals surface area contributed by atoms with E-state index in [1.54, 1.807) is 30.5 Å². The molecule has 0 radical (unpaired) electrons. The Kier molecular flexibility index (Phi) is 5.67. The van der Waals surface area contributed by atoms with E-state index in [1.807, 2.05) is 23.1 Å². The summed E-state index contributed by atoms with van der Waals surface area (Å²) in [5, 5.41) is 0.354. The SMILES string of the molecule is COC(=O)c1ccc2c(=O)n(-c3ccc(F)cc3)c(N3CCN(c4ccccn4)CC3)nc2c1. The van der Waals surface area contributed by atoms with E-state index in [0.29, 0.717) is 54.3 Å². The lowest BCUT2D eigenvalue weighted by Gasteiger charge is -2.36. The summed E-state index contributed by atoms with van der Waals surface area (Å²) in [5.74, 6) is 0.440. The molecule has 0 unspecified atom stereocenters. The number of rotatable bonds is 4. The van der Waals surface area contributed by atoms with Crippen molar-refractivity contribution in [3.05, 3.63) is 88.6 Å². The highest BCUT2D eigenvalue weighted by Crippen LogP contribution is 2.23. The average molecular weight is 459 g/mol. The van der Waals surface area contributed by atoms with Crippen molar-refractivity contribution in [2.45, 2.75) is 0 Å². The molecule has 9 heteroatoms. The Balaban J connectivity index is 1.59. The second-order valence-electron chi connectivity index (χ2n) is 7.91. The summed E-state index contributed by atoms with van der Waals surface area (Å²) in [6.07, 6.45) is 1.76. The van der Waals surface area contributed by atoms with Gasteiger partial charge in [0.1, 0.15) is 11.6 Å². The van der Waals surface area contributed by atoms with Crippen molar-refractivity contribution in [3.63, 3.8) is 0 Å². The molecule has 1 fully saturated rings. The monoisotopic (exact) mass is 459 g/mol. The number of hydrogen-bond acceptors (Lipinski definition) is 7. The number of pyridine rings is 1. The van der Waals surface area contributed by atoms with Gasteiger partial charge in [-0.2, -0.15) is 0 Å². The number of piperazine rings is 1. The van der Waals surface area contributed by atoms with E-state index in [1.165, 1.54) is 29.9 Å². The van der Waals surface area contributed by atoms with Gasteiger partial charge in [-0.1, -0.05) is 6.07 Å². The van der Waals surface area contributed by atoms with E-state index in [2.05, 4.69) is 9.88 Å². The van der Waals surface area contributed by atoms with E-state index in [0.717, 1.165) is 5.82 Å². The van der Waals surface area contributed by atoms with Gasteiger partial charge in [0.2, 0.25) is 5.95 Å². The fourth-order valence-electron chi connectivity index (χ4n) is 4.13. The van der Waals surface area contributed by atoms with Gasteiger partial charge in [-0.3, -0.25) is 4.79 Å². The zero-order valence-electron chi connectivity index (χ0n) is 18.5. The maximum Gasteiger partial charge on any atom is 0.337 e. The van der Waals surface area contributed by atoms with Crippen LogP contribution in [0.4, 0.5) is 16.2 Å². The molecule has 0 atom stereocenters. The molecule has 0 N–H and O–H groups in total. The van der Waals surface area contributed by atoms with Crippen LogP contribution >= 0.6 is 0 Å². The van der Waals surface area contributed by atoms with E-state index in [9.17, 15) is 14.0 Å². The highest BCUT2D eigenvalue weighted by atomic mass is 19.1. The van der Waals surface area contributed by atoms with Crippen LogP contribution in [0.2, 0.25) is 0 Å². The number of carbonyl (C=O) groups is 1. The minimum atomic E-state index is -0.503. The summed E-state index contributed by atoms with van der Waals surface area (Å²) in [4.78, 5) is 39.0. The van der Waals surface area contributed by atoms with Crippen LogP contribution in [0.5, 0.6) is 0 Å². The first-order chi connectivity index (χ1) is 16.5. The van der Waals surface area contributed by atoms with Crippen LogP contribution in [0.1, 0.15) is 10.4 Å². The smallest absolute Gasteiger partial charge is 0.337 e. The summed E-state index contributed by atoms with van der Waals surface area (Å²) in [5.41, 5.74) is 0.927. The molecule has 0 bridgehead atoms. The first-order valence-corrected chi connectivity index (χ1v) is 10.9. The number of nitrogens with zero attached hydrogens (tertiary/aromatic N) is 5. The molecule has 2 aromatic carbocycles. The predicted molar refractivity (Wildman–Crippen MR) is 127 cm³/mol. The lowest BCUT2D eigenvalue weighted by molar-refractivity contribution is 0.0601. The number of methoxy groups -OCH3 is 1. The van der Waals surface area contributed by atoms with Crippen molar-refractivity contribution in [2.24, 2.45) is 0 Å². The molecule has 0 aliphatic carbocycles. The van der Waals surface area contributed by atoms with Crippen LogP contribution < -0.4 is 15.4 Å². The van der Waals surface area contributed by atoms with Gasteiger partial charge in [-0.15, -0.1) is 0 Å². The molecular weight excluding hydrogens is 437 g/mol. The van der Waals surface area contributed by atoms with E-state index >= 15 is 0 Å². The third-order valence-corrected chi connectivity index (χ3v) is 5.89. The molecular formula is C25H22FN5O3. The van der Waals surface area contributed by atoms with Crippen molar-refractivity contribution in [1.29, 1.82) is 0 Å². The summed E-state index contributed by atoms with van der Waals surface area (Å²) < 4.78 is 19.9. The van der Waals surface area contributed by atoms with Gasteiger partial charge in [0.25, 0.3) is 5.56 Å². The molecule has 1 aliphatic rings. The quantitative estimate of drug-likeness (QED) is 0.434. The fraction of sp³-hybridized carbons (Fsp3) is 0.200. The minimum Gasteiger partial charge on any atom is -0.465 e. The maximum absolute atomic E-state index is 13.6. The van der Waals surface area contributed by atoms with Crippen molar-refractivity contribution < 1.29 is 13.9 Å². The van der Waals surface area contributed by atoms with Crippen molar-refractivity contribution in [3.8, 4) is 5.69 Å². The molecule has 3 heterocycles. The second kappa shape index (κ2) is 8.93. The number of halogens is 1. The van der Waals surface area contributed by atoms with Gasteiger partial charge in [-0.05, 0) is 54.6 Å². The zero-order chi connectivity index (χ0) is 23.7. The molecule has 172 valence electrons. The van der Waals surface area contributed by atoms with E-state index in [-0.39, 0.29) is 5.56 Å². The van der Waals surface area contributed by atoms with Gasteiger partial charge in [-0.25, -0.2) is 23.7 Å². The zero-order valence-corrected chi connectivity index (χ0v) is 18.5. The summed E-state index contributed by atoms with van der Waals surface area (Å²) >= 11 is 0. The molecule has 1 saturated heterocycles. The molecule has 8 nitrogen and oxygen atoms in total. The molecule has 4 aromatic rings. The largest absolute Gasteiger partial charge is 0.465 e. The van der Waals surface area contributed by atoms with E-state index in [4.69, 9.17) is 9.72 Å². The van der Waals surface area contributed by atoms with Crippen LogP contribution in [0.15, 0.2) is 71.7 Å². The summed E-state index contributed by atoms with van der Waals surface area (Å²) in [7, 11) is 1.30. The van der Waals surface area contributed by atoms with Gasteiger partial charge < -0.3 is 14.5 Å². The fourth-order valence-corrected chi connectivity index (χ4v) is 4.13. The number of anilines is 2. The van der Waals surface area contributed by atoms with Gasteiger partial charge in [0, 0.05) is 32.4 Å².